The van der Waals surface area contributed by atoms with Crippen LogP contribution in [-0.4, -0.2) is 108 Å². The van der Waals surface area contributed by atoms with Gasteiger partial charge >= 0.3 is 18.1 Å². The summed E-state index contributed by atoms with van der Waals surface area (Å²) in [6.07, 6.45) is 0.0240. The Kier molecular flexibility index (Phi) is 22.3. The number of urea groups is 1. The van der Waals surface area contributed by atoms with E-state index in [9.17, 15) is 38.7 Å². The summed E-state index contributed by atoms with van der Waals surface area (Å²) in [6.45, 7) is 8.11. The number of carboxylic acid groups (broad SMARTS) is 1. The van der Waals surface area contributed by atoms with Crippen molar-refractivity contribution in [2.45, 2.75) is 96.4 Å². The number of hydrogen-bond acceptors (Lipinski definition) is 11. The molecular formula is C46H64N10O10. The van der Waals surface area contributed by atoms with E-state index in [1.54, 1.807) is 52.0 Å². The van der Waals surface area contributed by atoms with Gasteiger partial charge in [-0.05, 0) is 87.4 Å². The first kappa shape index (κ1) is 53.0. The Balaban J connectivity index is 1.65. The SMILES string of the molecule is CCC(=O)NCCNC(=O)NC(N)=NCCC[C@@H](NC(=O)C(c1ccccc1)c1ccc(NCCCNC(=O)[C@@H](CCC(=O)O)NC(=O)OC(C)(C)C)cc1)C(=O)NCc1ccc(O)cc1. The summed E-state index contributed by atoms with van der Waals surface area (Å²) in [5.41, 5.74) is 7.91. The highest BCUT2D eigenvalue weighted by Crippen LogP contribution is 2.27. The Morgan fingerprint density at radius 1 is 0.712 bits per heavy atom. The lowest BCUT2D eigenvalue weighted by Crippen LogP contribution is -2.48. The number of rotatable bonds is 25. The molecule has 0 aliphatic carbocycles. The zero-order valence-electron chi connectivity index (χ0n) is 37.9. The maximum Gasteiger partial charge on any atom is 0.408 e. The second-order valence-corrected chi connectivity index (χ2v) is 16.1. The van der Waals surface area contributed by atoms with E-state index in [4.69, 9.17) is 15.6 Å². The maximum absolute atomic E-state index is 14.3. The maximum atomic E-state index is 14.3. The highest BCUT2D eigenvalue weighted by Gasteiger charge is 2.28. The number of carboxylic acids is 1. The molecule has 0 saturated carbocycles. The minimum absolute atomic E-state index is 0.0806. The van der Waals surface area contributed by atoms with E-state index < -0.39 is 59.4 Å². The van der Waals surface area contributed by atoms with Crippen LogP contribution < -0.4 is 48.3 Å². The number of nitrogens with two attached hydrogens (primary N) is 1. The number of benzene rings is 3. The number of nitrogens with one attached hydrogen (secondary N) is 8. The van der Waals surface area contributed by atoms with Crippen molar-refractivity contribution in [3.63, 3.8) is 0 Å². The number of aromatic hydroxyl groups is 1. The number of aliphatic carboxylic acids is 1. The topological polar surface area (TPSA) is 304 Å². The van der Waals surface area contributed by atoms with E-state index in [2.05, 4.69) is 47.5 Å². The fourth-order valence-corrected chi connectivity index (χ4v) is 6.22. The van der Waals surface area contributed by atoms with Crippen LogP contribution in [-0.2, 0) is 35.3 Å². The second kappa shape index (κ2) is 27.7. The number of amides is 7. The predicted octanol–water partition coefficient (Wildman–Crippen LogP) is 2.92. The van der Waals surface area contributed by atoms with Crippen LogP contribution >= 0.6 is 0 Å². The fraction of sp³-hybridized carbons (Fsp3) is 0.435. The molecule has 1 unspecified atom stereocenters. The minimum Gasteiger partial charge on any atom is -0.508 e. The monoisotopic (exact) mass is 916 g/mol. The lowest BCUT2D eigenvalue weighted by atomic mass is 9.90. The molecule has 12 N–H and O–H groups in total. The van der Waals surface area contributed by atoms with Gasteiger partial charge in [-0.25, -0.2) is 9.59 Å². The predicted molar refractivity (Wildman–Crippen MR) is 248 cm³/mol. The standard InChI is InChI=1S/C46H64N10O10/c1-5-37(58)49-27-28-52-44(64)56-43(47)51-24-9-13-35(41(62)53-29-30-14-20-34(57)21-15-30)54-42(63)39(31-11-7-6-8-12-31)32-16-18-33(19-17-32)48-25-10-26-50-40(61)36(22-23-38(59)60)55-45(65)66-46(2,3)4/h6-8,11-12,14-21,35-36,39,48,57H,5,9-10,13,22-29H2,1-4H3,(H,49,58)(H,50,61)(H,53,62)(H,54,63)(H,55,65)(H,59,60)(H4,47,51,52,56,64)/t35-,36-,39?/m1/s1. The van der Waals surface area contributed by atoms with Crippen LogP contribution in [0.1, 0.15) is 88.8 Å². The second-order valence-electron chi connectivity index (χ2n) is 16.1. The molecule has 358 valence electrons. The summed E-state index contributed by atoms with van der Waals surface area (Å²) in [5, 5.41) is 40.7. The number of carbonyl (C=O) groups excluding carboxylic acids is 6. The van der Waals surface area contributed by atoms with Crippen LogP contribution in [0, 0.1) is 0 Å². The van der Waals surface area contributed by atoms with Crippen molar-refractivity contribution < 1.29 is 48.5 Å². The normalized spacial score (nSPS) is 12.6. The molecule has 3 atom stereocenters. The summed E-state index contributed by atoms with van der Waals surface area (Å²) < 4.78 is 5.22. The Labute approximate surface area is 384 Å². The first-order valence-electron chi connectivity index (χ1n) is 21.8. The van der Waals surface area contributed by atoms with Gasteiger partial charge in [0.25, 0.3) is 0 Å². The number of anilines is 1. The number of phenolic OH excluding ortho intramolecular Hbond substituents is 1. The van der Waals surface area contributed by atoms with Gasteiger partial charge in [0.05, 0.1) is 5.92 Å². The van der Waals surface area contributed by atoms with E-state index in [0.717, 1.165) is 11.3 Å². The molecule has 0 fully saturated rings. The van der Waals surface area contributed by atoms with Crippen LogP contribution in [0.15, 0.2) is 83.9 Å². The average Bonchev–Trinajstić information content (AvgIpc) is 3.27. The van der Waals surface area contributed by atoms with Gasteiger partial charge in [-0.1, -0.05) is 61.5 Å². The number of guanidine groups is 1. The van der Waals surface area contributed by atoms with Gasteiger partial charge in [-0.3, -0.25) is 34.3 Å². The third-order valence-electron chi connectivity index (χ3n) is 9.54. The molecule has 20 heteroatoms. The molecular weight excluding hydrogens is 853 g/mol. The molecule has 3 rings (SSSR count). The largest absolute Gasteiger partial charge is 0.508 e. The smallest absolute Gasteiger partial charge is 0.408 e. The quantitative estimate of drug-likeness (QED) is 0.0332. The van der Waals surface area contributed by atoms with Gasteiger partial charge in [0.1, 0.15) is 23.4 Å². The highest BCUT2D eigenvalue weighted by atomic mass is 16.6. The van der Waals surface area contributed by atoms with Crippen molar-refractivity contribution in [2.75, 3.05) is 38.0 Å². The van der Waals surface area contributed by atoms with Gasteiger partial charge in [0.2, 0.25) is 23.6 Å². The fourth-order valence-electron chi connectivity index (χ4n) is 6.22. The summed E-state index contributed by atoms with van der Waals surface area (Å²) in [7, 11) is 0. The molecule has 0 aromatic heterocycles. The van der Waals surface area contributed by atoms with Crippen molar-refractivity contribution in [2.24, 2.45) is 10.7 Å². The van der Waals surface area contributed by atoms with Crippen molar-refractivity contribution in [1.82, 2.24) is 37.2 Å². The molecule has 0 aliphatic heterocycles. The molecule has 20 nitrogen and oxygen atoms in total. The molecule has 0 radical (unpaired) electrons. The molecule has 0 heterocycles. The summed E-state index contributed by atoms with van der Waals surface area (Å²) in [4.78, 5) is 92.0. The average molecular weight is 917 g/mol. The van der Waals surface area contributed by atoms with Crippen LogP contribution in [0.2, 0.25) is 0 Å². The van der Waals surface area contributed by atoms with E-state index >= 15 is 0 Å². The molecule has 0 bridgehead atoms. The van der Waals surface area contributed by atoms with E-state index in [1.807, 2.05) is 42.5 Å². The zero-order chi connectivity index (χ0) is 48.5. The number of nitrogens with zero attached hydrogens (tertiary/aromatic N) is 1. The van der Waals surface area contributed by atoms with E-state index in [0.29, 0.717) is 36.9 Å². The van der Waals surface area contributed by atoms with Crippen molar-refractivity contribution in [3.05, 3.63) is 95.6 Å². The van der Waals surface area contributed by atoms with Crippen molar-refractivity contribution in [3.8, 4) is 5.75 Å². The Hall–Kier alpha value is -7.38. The minimum atomic E-state index is -1.10. The number of hydrogen-bond donors (Lipinski definition) is 11. The molecule has 0 saturated heterocycles. The number of aliphatic imine (C=N–C) groups is 1. The van der Waals surface area contributed by atoms with Gasteiger partial charge in [-0.2, -0.15) is 0 Å². The lowest BCUT2D eigenvalue weighted by molar-refractivity contribution is -0.137. The summed E-state index contributed by atoms with van der Waals surface area (Å²) in [6, 6.07) is 20.0. The third kappa shape index (κ3) is 20.9. The van der Waals surface area contributed by atoms with Crippen molar-refractivity contribution >= 4 is 53.4 Å². The van der Waals surface area contributed by atoms with E-state index in [1.165, 1.54) is 12.1 Å². The first-order chi connectivity index (χ1) is 31.4. The van der Waals surface area contributed by atoms with Crippen LogP contribution in [0.4, 0.5) is 15.3 Å². The molecule has 66 heavy (non-hydrogen) atoms. The van der Waals surface area contributed by atoms with Gasteiger partial charge < -0.3 is 57.9 Å². The summed E-state index contributed by atoms with van der Waals surface area (Å²) >= 11 is 0. The number of ether oxygens (including phenoxy) is 1. The van der Waals surface area contributed by atoms with Gasteiger partial charge in [0, 0.05) is 57.8 Å². The van der Waals surface area contributed by atoms with Crippen LogP contribution in [0.3, 0.4) is 0 Å². The number of carbonyl (C=O) groups is 7. The molecule has 3 aromatic rings. The molecule has 7 amide bonds. The lowest BCUT2D eigenvalue weighted by Gasteiger charge is -2.23. The Morgan fingerprint density at radius 3 is 2.00 bits per heavy atom. The number of alkyl carbamates (subject to hydrolysis) is 1. The summed E-state index contributed by atoms with van der Waals surface area (Å²) in [5.74, 6) is -3.53. The molecule has 3 aromatic carbocycles. The third-order valence-corrected chi connectivity index (χ3v) is 9.54. The van der Waals surface area contributed by atoms with Gasteiger partial charge in [0.15, 0.2) is 5.96 Å². The van der Waals surface area contributed by atoms with E-state index in [-0.39, 0.29) is 69.6 Å². The first-order valence-corrected chi connectivity index (χ1v) is 21.8. The highest BCUT2D eigenvalue weighted by molar-refractivity contribution is 5.95. The molecule has 0 spiro atoms. The van der Waals surface area contributed by atoms with Gasteiger partial charge in [-0.15, -0.1) is 0 Å². The molecule has 0 aliphatic rings. The Bertz CT molecular complexity index is 2080. The zero-order valence-corrected chi connectivity index (χ0v) is 37.9. The Morgan fingerprint density at radius 2 is 1.35 bits per heavy atom. The van der Waals surface area contributed by atoms with Crippen LogP contribution in [0.5, 0.6) is 5.75 Å². The van der Waals surface area contributed by atoms with Crippen molar-refractivity contribution in [1.29, 1.82) is 0 Å². The number of phenols is 1. The van der Waals surface area contributed by atoms with Crippen LogP contribution in [0.25, 0.3) is 0 Å².